The number of rotatable bonds is 4. The summed E-state index contributed by atoms with van der Waals surface area (Å²) in [7, 11) is 0. The van der Waals surface area contributed by atoms with Crippen molar-refractivity contribution in [1.82, 2.24) is 0 Å². The van der Waals surface area contributed by atoms with Crippen molar-refractivity contribution >= 4 is 22.4 Å². The molecule has 0 radical (unpaired) electrons. The molecule has 27 heavy (non-hydrogen) atoms. The Morgan fingerprint density at radius 2 is 1.41 bits per heavy atom. The summed E-state index contributed by atoms with van der Waals surface area (Å²) in [4.78, 5) is 12.8. The number of benzene rings is 4. The van der Waals surface area contributed by atoms with Crippen LogP contribution in [0.4, 0.5) is 5.69 Å². The summed E-state index contributed by atoms with van der Waals surface area (Å²) in [6, 6.07) is 27.4. The van der Waals surface area contributed by atoms with Crippen LogP contribution in [0.25, 0.3) is 10.8 Å². The van der Waals surface area contributed by atoms with Gasteiger partial charge in [-0.05, 0) is 47.2 Å². The molecule has 0 aliphatic carbocycles. The second-order valence-electron chi connectivity index (χ2n) is 6.08. The molecule has 0 saturated carbocycles. The third-order valence-electron chi connectivity index (χ3n) is 4.21. The number of carbonyl (C=O) groups is 1. The average Bonchev–Trinajstić information content (AvgIpc) is 2.69. The van der Waals surface area contributed by atoms with Crippen LogP contribution in [-0.4, -0.2) is 11.0 Å². The molecule has 1 amide bonds. The monoisotopic (exact) mass is 355 g/mol. The van der Waals surface area contributed by atoms with Crippen LogP contribution in [0.15, 0.2) is 91.0 Å². The van der Waals surface area contributed by atoms with Crippen molar-refractivity contribution < 1.29 is 14.6 Å². The lowest BCUT2D eigenvalue weighted by molar-refractivity contribution is 0.102. The fraction of sp³-hybridized carbons (Fsp3) is 0. The number of nitrogens with one attached hydrogen (secondary N) is 1. The SMILES string of the molecule is O=C(Nc1ccccc1Oc1ccccc1)c1cc2ccccc2cc1O. The molecule has 0 heterocycles. The first-order valence-electron chi connectivity index (χ1n) is 8.56. The molecule has 0 saturated heterocycles. The molecule has 0 aliphatic heterocycles. The maximum Gasteiger partial charge on any atom is 0.259 e. The molecular weight excluding hydrogens is 338 g/mol. The summed E-state index contributed by atoms with van der Waals surface area (Å²) in [5.41, 5.74) is 0.738. The Morgan fingerprint density at radius 1 is 0.778 bits per heavy atom. The molecule has 4 aromatic carbocycles. The van der Waals surface area contributed by atoms with Crippen molar-refractivity contribution in [3.8, 4) is 17.2 Å². The summed E-state index contributed by atoms with van der Waals surface area (Å²) in [5.74, 6) is 0.736. The van der Waals surface area contributed by atoms with Crippen molar-refractivity contribution in [2.24, 2.45) is 0 Å². The number of phenols is 1. The fourth-order valence-electron chi connectivity index (χ4n) is 2.87. The first-order valence-corrected chi connectivity index (χ1v) is 8.56. The van der Waals surface area contributed by atoms with E-state index >= 15 is 0 Å². The van der Waals surface area contributed by atoms with Gasteiger partial charge < -0.3 is 15.2 Å². The van der Waals surface area contributed by atoms with Gasteiger partial charge in [0.1, 0.15) is 11.5 Å². The Labute approximate surface area is 156 Å². The van der Waals surface area contributed by atoms with Gasteiger partial charge in [-0.25, -0.2) is 0 Å². The van der Waals surface area contributed by atoms with Crippen LogP contribution in [0.5, 0.6) is 17.2 Å². The predicted octanol–water partition coefficient (Wildman–Crippen LogP) is 5.59. The van der Waals surface area contributed by atoms with Crippen LogP contribution in [0, 0.1) is 0 Å². The van der Waals surface area contributed by atoms with E-state index in [4.69, 9.17) is 4.74 Å². The van der Waals surface area contributed by atoms with Gasteiger partial charge >= 0.3 is 0 Å². The fourth-order valence-corrected chi connectivity index (χ4v) is 2.87. The van der Waals surface area contributed by atoms with Gasteiger partial charge in [-0.2, -0.15) is 0 Å². The number of fused-ring (bicyclic) bond motifs is 1. The summed E-state index contributed by atoms with van der Waals surface area (Å²) >= 11 is 0. The number of anilines is 1. The Bertz CT molecular complexity index is 1110. The molecule has 0 aromatic heterocycles. The number of carbonyl (C=O) groups excluding carboxylic acids is 1. The first-order chi connectivity index (χ1) is 13.2. The zero-order chi connectivity index (χ0) is 18.6. The van der Waals surface area contributed by atoms with Gasteiger partial charge in [0.15, 0.2) is 5.75 Å². The van der Waals surface area contributed by atoms with Crippen molar-refractivity contribution in [3.63, 3.8) is 0 Å². The number of phenolic OH excluding ortho intramolecular Hbond substituents is 1. The lowest BCUT2D eigenvalue weighted by Gasteiger charge is -2.13. The van der Waals surface area contributed by atoms with Crippen LogP contribution in [-0.2, 0) is 0 Å². The van der Waals surface area contributed by atoms with Gasteiger partial charge in [-0.3, -0.25) is 4.79 Å². The maximum atomic E-state index is 12.8. The van der Waals surface area contributed by atoms with Gasteiger partial charge in [0.2, 0.25) is 0 Å². The number of hydrogen-bond donors (Lipinski definition) is 2. The molecular formula is C23H17NO3. The number of para-hydroxylation sites is 3. The zero-order valence-corrected chi connectivity index (χ0v) is 14.4. The van der Waals surface area contributed by atoms with E-state index in [-0.39, 0.29) is 11.3 Å². The largest absolute Gasteiger partial charge is 0.507 e. The zero-order valence-electron chi connectivity index (χ0n) is 14.4. The molecule has 132 valence electrons. The Morgan fingerprint density at radius 3 is 2.19 bits per heavy atom. The highest BCUT2D eigenvalue weighted by atomic mass is 16.5. The minimum Gasteiger partial charge on any atom is -0.507 e. The minimum absolute atomic E-state index is 0.0624. The molecule has 0 unspecified atom stereocenters. The van der Waals surface area contributed by atoms with Crippen LogP contribution in [0.3, 0.4) is 0 Å². The molecule has 4 nitrogen and oxygen atoms in total. The highest BCUT2D eigenvalue weighted by molar-refractivity contribution is 6.09. The topological polar surface area (TPSA) is 58.6 Å². The summed E-state index contributed by atoms with van der Waals surface area (Å²) in [6.07, 6.45) is 0. The van der Waals surface area contributed by atoms with Gasteiger partial charge in [-0.1, -0.05) is 54.6 Å². The van der Waals surface area contributed by atoms with Gasteiger partial charge in [0.25, 0.3) is 5.91 Å². The molecule has 0 aliphatic rings. The van der Waals surface area contributed by atoms with E-state index in [0.29, 0.717) is 17.2 Å². The second-order valence-corrected chi connectivity index (χ2v) is 6.08. The number of ether oxygens (including phenoxy) is 1. The second kappa shape index (κ2) is 7.22. The molecule has 4 heteroatoms. The third kappa shape index (κ3) is 3.60. The molecule has 2 N–H and O–H groups in total. The van der Waals surface area contributed by atoms with Gasteiger partial charge in [-0.15, -0.1) is 0 Å². The molecule has 4 rings (SSSR count). The Kier molecular flexibility index (Phi) is 4.45. The molecule has 0 fully saturated rings. The number of amides is 1. The number of aromatic hydroxyl groups is 1. The Hall–Kier alpha value is -3.79. The highest BCUT2D eigenvalue weighted by Crippen LogP contribution is 2.31. The lowest BCUT2D eigenvalue weighted by atomic mass is 10.1. The molecule has 0 atom stereocenters. The summed E-state index contributed by atoms with van der Waals surface area (Å²) in [5, 5.41) is 14.9. The Balaban J connectivity index is 1.63. The quantitative estimate of drug-likeness (QED) is 0.502. The normalized spacial score (nSPS) is 10.5. The molecule has 0 bridgehead atoms. The van der Waals surface area contributed by atoms with Crippen LogP contribution >= 0.6 is 0 Å². The van der Waals surface area contributed by atoms with Crippen molar-refractivity contribution in [2.45, 2.75) is 0 Å². The van der Waals surface area contributed by atoms with E-state index in [1.807, 2.05) is 66.7 Å². The predicted molar refractivity (Wildman–Crippen MR) is 107 cm³/mol. The van der Waals surface area contributed by atoms with E-state index in [0.717, 1.165) is 10.8 Å². The van der Waals surface area contributed by atoms with Crippen molar-refractivity contribution in [2.75, 3.05) is 5.32 Å². The van der Waals surface area contributed by atoms with Gasteiger partial charge in [0, 0.05) is 0 Å². The van der Waals surface area contributed by atoms with E-state index in [9.17, 15) is 9.90 Å². The standard InChI is InChI=1S/C23H17NO3/c25-21-15-17-9-5-4-8-16(17)14-19(21)23(26)24-20-12-6-7-13-22(20)27-18-10-2-1-3-11-18/h1-15,25H,(H,24,26). The number of hydrogen-bond acceptors (Lipinski definition) is 3. The van der Waals surface area contributed by atoms with Crippen LogP contribution < -0.4 is 10.1 Å². The molecule has 4 aromatic rings. The van der Waals surface area contributed by atoms with E-state index in [2.05, 4.69) is 5.32 Å². The minimum atomic E-state index is -0.401. The maximum absolute atomic E-state index is 12.8. The van der Waals surface area contributed by atoms with E-state index in [1.165, 1.54) is 0 Å². The smallest absolute Gasteiger partial charge is 0.259 e. The lowest BCUT2D eigenvalue weighted by Crippen LogP contribution is -2.12. The van der Waals surface area contributed by atoms with Crippen molar-refractivity contribution in [3.05, 3.63) is 96.6 Å². The summed E-state index contributed by atoms with van der Waals surface area (Å²) < 4.78 is 5.87. The third-order valence-corrected chi connectivity index (χ3v) is 4.21. The average molecular weight is 355 g/mol. The molecule has 0 spiro atoms. The van der Waals surface area contributed by atoms with Crippen LogP contribution in [0.2, 0.25) is 0 Å². The first kappa shape index (κ1) is 16.7. The van der Waals surface area contributed by atoms with E-state index < -0.39 is 5.91 Å². The van der Waals surface area contributed by atoms with E-state index in [1.54, 1.807) is 24.3 Å². The highest BCUT2D eigenvalue weighted by Gasteiger charge is 2.15. The summed E-state index contributed by atoms with van der Waals surface area (Å²) in [6.45, 7) is 0. The van der Waals surface area contributed by atoms with Gasteiger partial charge in [0.05, 0.1) is 11.3 Å². The van der Waals surface area contributed by atoms with Crippen molar-refractivity contribution in [1.29, 1.82) is 0 Å². The van der Waals surface area contributed by atoms with Crippen LogP contribution in [0.1, 0.15) is 10.4 Å².